The first-order valence-electron chi connectivity index (χ1n) is 13.7. The molecule has 4 heterocycles. The highest BCUT2D eigenvalue weighted by Gasteiger charge is 2.27. The van der Waals surface area contributed by atoms with Gasteiger partial charge in [-0.15, -0.1) is 0 Å². The highest BCUT2D eigenvalue weighted by Crippen LogP contribution is 2.34. The second-order valence-corrected chi connectivity index (χ2v) is 11.5. The van der Waals surface area contributed by atoms with Crippen LogP contribution in [0.3, 0.4) is 0 Å². The second kappa shape index (κ2) is 11.1. The van der Waals surface area contributed by atoms with Crippen LogP contribution < -0.4 is 4.90 Å². The van der Waals surface area contributed by atoms with Gasteiger partial charge in [-0.25, -0.2) is 9.97 Å². The maximum atomic E-state index is 12.7. The predicted octanol–water partition coefficient (Wildman–Crippen LogP) is 4.44. The number of anilines is 1. The lowest BCUT2D eigenvalue weighted by atomic mass is 10.0. The van der Waals surface area contributed by atoms with Gasteiger partial charge in [-0.1, -0.05) is 12.1 Å². The minimum Gasteiger partial charge on any atom is -0.378 e. The van der Waals surface area contributed by atoms with E-state index in [-0.39, 0.29) is 5.91 Å². The summed E-state index contributed by atoms with van der Waals surface area (Å²) in [4.78, 5) is 33.9. The fourth-order valence-electron chi connectivity index (χ4n) is 5.47. The number of rotatable bonds is 4. The van der Waals surface area contributed by atoms with E-state index in [2.05, 4.69) is 74.7 Å². The first kappa shape index (κ1) is 26.0. The van der Waals surface area contributed by atoms with E-state index >= 15 is 0 Å². The molecule has 3 aliphatic heterocycles. The van der Waals surface area contributed by atoms with Crippen molar-refractivity contribution in [3.63, 3.8) is 0 Å². The van der Waals surface area contributed by atoms with Gasteiger partial charge in [-0.2, -0.15) is 4.99 Å². The van der Waals surface area contributed by atoms with E-state index in [9.17, 15) is 4.79 Å². The molecule has 0 saturated carbocycles. The number of amidine groups is 1. The maximum absolute atomic E-state index is 12.7. The molecule has 0 aliphatic carbocycles. The third-order valence-electron chi connectivity index (χ3n) is 7.70. The molecule has 3 aliphatic rings. The molecule has 0 spiro atoms. The van der Waals surface area contributed by atoms with Gasteiger partial charge >= 0.3 is 0 Å². The number of nitrogens with zero attached hydrogens (tertiary/aromatic N) is 6. The van der Waals surface area contributed by atoms with Crippen molar-refractivity contribution in [3.8, 4) is 11.3 Å². The van der Waals surface area contributed by atoms with Crippen LogP contribution in [0, 0.1) is 6.92 Å². The monoisotopic (exact) mass is 542 g/mol. The van der Waals surface area contributed by atoms with Gasteiger partial charge in [-0.3, -0.25) is 9.69 Å². The fraction of sp³-hybridized carbons (Fsp3) is 0.400. The Hall–Kier alpha value is -3.27. The van der Waals surface area contributed by atoms with Gasteiger partial charge in [0.05, 0.1) is 29.3 Å². The first-order valence-corrected chi connectivity index (χ1v) is 14.5. The summed E-state index contributed by atoms with van der Waals surface area (Å²) in [6.07, 6.45) is 3.55. The number of carbonyl (C=O) groups is 1. The van der Waals surface area contributed by atoms with Gasteiger partial charge in [0, 0.05) is 61.9 Å². The zero-order chi connectivity index (χ0) is 26.9. The number of hydrogen-bond donors (Lipinski definition) is 0. The number of fused-ring (bicyclic) bond motifs is 1. The van der Waals surface area contributed by atoms with Gasteiger partial charge in [0.1, 0.15) is 6.33 Å². The summed E-state index contributed by atoms with van der Waals surface area (Å²) in [6, 6.07) is 13.3. The molecule has 3 aromatic rings. The largest absolute Gasteiger partial charge is 0.378 e. The number of ether oxygens (including phenoxy) is 1. The zero-order valence-electron chi connectivity index (χ0n) is 22.8. The van der Waals surface area contributed by atoms with Gasteiger partial charge in [0.15, 0.2) is 5.17 Å². The number of thioether (sulfide) groups is 1. The summed E-state index contributed by atoms with van der Waals surface area (Å²) in [7, 11) is 0. The lowest BCUT2D eigenvalue weighted by molar-refractivity contribution is -0.113. The molecule has 0 radical (unpaired) electrons. The Morgan fingerprint density at radius 3 is 2.49 bits per heavy atom. The number of morpholine rings is 1. The van der Waals surface area contributed by atoms with E-state index in [1.165, 1.54) is 23.0 Å². The zero-order valence-corrected chi connectivity index (χ0v) is 23.6. The summed E-state index contributed by atoms with van der Waals surface area (Å²) < 4.78 is 5.43. The molecule has 1 aromatic heterocycles. The molecule has 202 valence electrons. The molecule has 1 amide bonds. The van der Waals surface area contributed by atoms with Crippen molar-refractivity contribution in [2.45, 2.75) is 26.8 Å². The van der Waals surface area contributed by atoms with Gasteiger partial charge in [0.25, 0.3) is 5.91 Å². The Morgan fingerprint density at radius 1 is 0.949 bits per heavy atom. The Labute approximate surface area is 233 Å². The van der Waals surface area contributed by atoms with Crippen LogP contribution in [0.15, 0.2) is 52.6 Å². The molecule has 0 unspecified atom stereocenters. The number of aromatic nitrogens is 2. The van der Waals surface area contributed by atoms with E-state index in [4.69, 9.17) is 4.74 Å². The van der Waals surface area contributed by atoms with Crippen LogP contribution in [0.25, 0.3) is 28.2 Å². The van der Waals surface area contributed by atoms with Crippen LogP contribution in [0.2, 0.25) is 0 Å². The molecule has 0 bridgehead atoms. The van der Waals surface area contributed by atoms with Crippen LogP contribution in [-0.2, 0) is 9.53 Å². The Bertz CT molecular complexity index is 1460. The van der Waals surface area contributed by atoms with Crippen LogP contribution in [0.1, 0.15) is 25.0 Å². The topological polar surface area (TPSA) is 74.2 Å². The molecule has 2 saturated heterocycles. The van der Waals surface area contributed by atoms with E-state index in [1.807, 2.05) is 18.2 Å². The average Bonchev–Trinajstić information content (AvgIpc) is 3.33. The van der Waals surface area contributed by atoms with Gasteiger partial charge in [-0.05, 0) is 74.0 Å². The lowest BCUT2D eigenvalue weighted by Gasteiger charge is -2.38. The predicted molar refractivity (Wildman–Crippen MR) is 159 cm³/mol. The van der Waals surface area contributed by atoms with Crippen molar-refractivity contribution < 1.29 is 9.53 Å². The Morgan fingerprint density at radius 2 is 1.74 bits per heavy atom. The Kier molecular flexibility index (Phi) is 7.38. The van der Waals surface area contributed by atoms with E-state index in [0.717, 1.165) is 72.2 Å². The minimum atomic E-state index is -0.188. The fourth-order valence-corrected chi connectivity index (χ4v) is 6.44. The molecule has 2 aromatic carbocycles. The molecule has 39 heavy (non-hydrogen) atoms. The maximum Gasteiger partial charge on any atom is 0.286 e. The minimum absolute atomic E-state index is 0.188. The third kappa shape index (κ3) is 5.44. The first-order chi connectivity index (χ1) is 19.0. The number of benzene rings is 2. The smallest absolute Gasteiger partial charge is 0.286 e. The summed E-state index contributed by atoms with van der Waals surface area (Å²) in [5.74, 6) is -0.188. The number of hydrogen-bond acceptors (Lipinski definition) is 8. The average molecular weight is 543 g/mol. The molecule has 0 atom stereocenters. The second-order valence-electron chi connectivity index (χ2n) is 10.5. The summed E-state index contributed by atoms with van der Waals surface area (Å²) in [5.41, 5.74) is 6.32. The van der Waals surface area contributed by atoms with Crippen molar-refractivity contribution in [2.24, 2.45) is 4.99 Å². The third-order valence-corrected chi connectivity index (χ3v) is 8.75. The van der Waals surface area contributed by atoms with Crippen molar-refractivity contribution in [3.05, 3.63) is 58.8 Å². The molecule has 0 N–H and O–H groups in total. The lowest BCUT2D eigenvalue weighted by Crippen LogP contribution is -2.49. The molecular weight excluding hydrogens is 508 g/mol. The van der Waals surface area contributed by atoms with Crippen LogP contribution in [0.4, 0.5) is 5.69 Å². The van der Waals surface area contributed by atoms with Crippen LogP contribution in [0.5, 0.6) is 0 Å². The number of piperazine rings is 1. The summed E-state index contributed by atoms with van der Waals surface area (Å²) >= 11 is 1.44. The molecule has 2 fully saturated rings. The number of aliphatic imine (C=N–C) groups is 1. The highest BCUT2D eigenvalue weighted by atomic mass is 32.2. The Balaban J connectivity index is 1.25. The molecule has 6 rings (SSSR count). The van der Waals surface area contributed by atoms with Crippen molar-refractivity contribution in [2.75, 3.05) is 57.4 Å². The summed E-state index contributed by atoms with van der Waals surface area (Å²) in [6.45, 7) is 13.8. The number of carbonyl (C=O) groups excluding carboxylic acids is 1. The van der Waals surface area contributed by atoms with Crippen LogP contribution >= 0.6 is 11.8 Å². The quantitative estimate of drug-likeness (QED) is 0.448. The highest BCUT2D eigenvalue weighted by molar-refractivity contribution is 8.18. The number of aryl methyl sites for hydroxylation is 1. The van der Waals surface area contributed by atoms with Gasteiger partial charge < -0.3 is 14.5 Å². The summed E-state index contributed by atoms with van der Waals surface area (Å²) in [5, 5.41) is 1.73. The van der Waals surface area contributed by atoms with E-state index in [0.29, 0.717) is 24.2 Å². The van der Waals surface area contributed by atoms with Crippen molar-refractivity contribution in [1.82, 2.24) is 19.8 Å². The van der Waals surface area contributed by atoms with Crippen LogP contribution in [-0.4, -0.2) is 89.4 Å². The molecule has 9 heteroatoms. The standard InChI is InChI=1S/C30H34N6O2S/c1-20(2)34-8-10-35(11-9-34)26-7-5-23(16-21(26)3)28-24-17-22(4-6-25(24)31-19-32-28)18-27-29(37)33-30(39-27)36-12-14-38-15-13-36/h4-7,16-20H,8-15H2,1-3H3. The van der Waals surface area contributed by atoms with E-state index in [1.54, 1.807) is 6.33 Å². The normalized spacial score (nSPS) is 19.9. The number of amides is 1. The molecule has 8 nitrogen and oxygen atoms in total. The SMILES string of the molecule is Cc1cc(-c2ncnc3ccc(C=C4SC(N5CCOCC5)=NC4=O)cc23)ccc1N1CCN(C(C)C)CC1. The van der Waals surface area contributed by atoms with Crippen molar-refractivity contribution >= 4 is 45.5 Å². The molecular formula is C30H34N6O2S. The van der Waals surface area contributed by atoms with E-state index < -0.39 is 0 Å². The van der Waals surface area contributed by atoms with Gasteiger partial charge in [0.2, 0.25) is 0 Å². The van der Waals surface area contributed by atoms with Crippen molar-refractivity contribution in [1.29, 1.82) is 0 Å².